The Bertz CT molecular complexity index is 929. The number of imide groups is 1. The molecule has 1 unspecified atom stereocenters. The zero-order valence-corrected chi connectivity index (χ0v) is 15.9. The second-order valence-corrected chi connectivity index (χ2v) is 7.39. The third-order valence-corrected chi connectivity index (χ3v) is 5.14. The molecule has 0 saturated carbocycles. The third kappa shape index (κ3) is 3.57. The van der Waals surface area contributed by atoms with Crippen LogP contribution in [0.3, 0.4) is 0 Å². The summed E-state index contributed by atoms with van der Waals surface area (Å²) in [6.07, 6.45) is 2.30. The van der Waals surface area contributed by atoms with E-state index >= 15 is 0 Å². The van der Waals surface area contributed by atoms with Crippen LogP contribution in [0, 0.1) is 0 Å². The van der Waals surface area contributed by atoms with E-state index in [9.17, 15) is 14.4 Å². The summed E-state index contributed by atoms with van der Waals surface area (Å²) in [7, 11) is 0. The molecular formula is C19H16BrN3O4. The van der Waals surface area contributed by atoms with Gasteiger partial charge in [-0.3, -0.25) is 24.7 Å². The summed E-state index contributed by atoms with van der Waals surface area (Å²) in [5.74, 6) is -0.264. The van der Waals surface area contributed by atoms with Crippen LogP contribution in [0.25, 0.3) is 0 Å². The highest BCUT2D eigenvalue weighted by Crippen LogP contribution is 2.30. The molecule has 7 nitrogen and oxygen atoms in total. The lowest BCUT2D eigenvalue weighted by molar-refractivity contribution is -0.136. The van der Waals surface area contributed by atoms with Crippen LogP contribution in [0.2, 0.25) is 0 Å². The molecule has 2 aliphatic rings. The number of halogens is 1. The fourth-order valence-corrected chi connectivity index (χ4v) is 3.52. The Balaban J connectivity index is 1.46. The van der Waals surface area contributed by atoms with E-state index < -0.39 is 11.9 Å². The van der Waals surface area contributed by atoms with E-state index in [2.05, 4.69) is 26.2 Å². The molecule has 1 atom stereocenters. The Morgan fingerprint density at radius 3 is 2.81 bits per heavy atom. The summed E-state index contributed by atoms with van der Waals surface area (Å²) in [5.41, 5.74) is 2.17. The molecule has 138 valence electrons. The molecule has 4 rings (SSSR count). The molecule has 0 bridgehead atoms. The van der Waals surface area contributed by atoms with Gasteiger partial charge in [0.05, 0.1) is 5.69 Å². The van der Waals surface area contributed by atoms with Crippen molar-refractivity contribution in [2.75, 3.05) is 0 Å². The van der Waals surface area contributed by atoms with Crippen molar-refractivity contribution in [1.82, 2.24) is 15.2 Å². The number of pyridine rings is 1. The SMILES string of the molecule is O=C1CCC(N2Cc3cc(OCc4ccc(Br)cn4)ccc3C2=O)C(=O)N1. The first-order valence-corrected chi connectivity index (χ1v) is 9.31. The van der Waals surface area contributed by atoms with E-state index in [1.807, 2.05) is 18.2 Å². The quantitative estimate of drug-likeness (QED) is 0.752. The number of carbonyl (C=O) groups excluding carboxylic acids is 3. The van der Waals surface area contributed by atoms with Crippen molar-refractivity contribution in [3.05, 3.63) is 57.8 Å². The molecule has 27 heavy (non-hydrogen) atoms. The molecule has 3 amide bonds. The fourth-order valence-electron chi connectivity index (χ4n) is 3.29. The zero-order chi connectivity index (χ0) is 19.0. The van der Waals surface area contributed by atoms with Crippen LogP contribution in [0.4, 0.5) is 0 Å². The normalized spacial score (nSPS) is 19.1. The van der Waals surface area contributed by atoms with Crippen LogP contribution in [0.15, 0.2) is 41.0 Å². The van der Waals surface area contributed by atoms with Gasteiger partial charge in [0.25, 0.3) is 5.91 Å². The number of fused-ring (bicyclic) bond motifs is 1. The minimum absolute atomic E-state index is 0.194. The number of hydrogen-bond donors (Lipinski definition) is 1. The van der Waals surface area contributed by atoms with Crippen molar-refractivity contribution >= 4 is 33.7 Å². The number of benzene rings is 1. The van der Waals surface area contributed by atoms with Gasteiger partial charge in [-0.15, -0.1) is 0 Å². The smallest absolute Gasteiger partial charge is 0.255 e. The Hall–Kier alpha value is -2.74. The third-order valence-electron chi connectivity index (χ3n) is 4.67. The van der Waals surface area contributed by atoms with Crippen molar-refractivity contribution in [3.8, 4) is 5.75 Å². The molecule has 0 aliphatic carbocycles. The predicted octanol–water partition coefficient (Wildman–Crippen LogP) is 2.18. The summed E-state index contributed by atoms with van der Waals surface area (Å²) in [6, 6.07) is 8.42. The Labute approximate surface area is 163 Å². The largest absolute Gasteiger partial charge is 0.487 e. The monoisotopic (exact) mass is 429 g/mol. The fraction of sp³-hybridized carbons (Fsp3) is 0.263. The summed E-state index contributed by atoms with van der Waals surface area (Å²) >= 11 is 3.34. The van der Waals surface area contributed by atoms with Gasteiger partial charge in [-0.05, 0) is 58.2 Å². The number of nitrogens with zero attached hydrogens (tertiary/aromatic N) is 2. The minimum atomic E-state index is -0.612. The number of hydrogen-bond acceptors (Lipinski definition) is 5. The first kappa shape index (κ1) is 17.7. The number of rotatable bonds is 4. The zero-order valence-electron chi connectivity index (χ0n) is 14.3. The number of piperidine rings is 1. The summed E-state index contributed by atoms with van der Waals surface area (Å²) in [4.78, 5) is 41.8. The molecule has 1 saturated heterocycles. The Morgan fingerprint density at radius 2 is 2.07 bits per heavy atom. The van der Waals surface area contributed by atoms with Crippen molar-refractivity contribution in [2.24, 2.45) is 0 Å². The first-order valence-electron chi connectivity index (χ1n) is 8.52. The van der Waals surface area contributed by atoms with Gasteiger partial charge in [0.15, 0.2) is 0 Å². The molecule has 1 aromatic carbocycles. The molecule has 2 aliphatic heterocycles. The van der Waals surface area contributed by atoms with E-state index in [-0.39, 0.29) is 18.2 Å². The maximum atomic E-state index is 12.7. The van der Waals surface area contributed by atoms with Crippen molar-refractivity contribution in [3.63, 3.8) is 0 Å². The summed E-state index contributed by atoms with van der Waals surface area (Å²) in [5, 5.41) is 2.30. The van der Waals surface area contributed by atoms with Crippen molar-refractivity contribution in [2.45, 2.75) is 32.0 Å². The number of aromatic nitrogens is 1. The lowest BCUT2D eigenvalue weighted by Gasteiger charge is -2.29. The predicted molar refractivity (Wildman–Crippen MR) is 98.8 cm³/mol. The van der Waals surface area contributed by atoms with Crippen molar-refractivity contribution < 1.29 is 19.1 Å². The van der Waals surface area contributed by atoms with Crippen LogP contribution in [0.5, 0.6) is 5.75 Å². The molecule has 2 aromatic rings. The first-order chi connectivity index (χ1) is 13.0. The molecule has 3 heterocycles. The van der Waals surface area contributed by atoms with Crippen LogP contribution >= 0.6 is 15.9 Å². The Kier molecular flexibility index (Phi) is 4.65. The van der Waals surface area contributed by atoms with E-state index in [1.165, 1.54) is 4.90 Å². The maximum Gasteiger partial charge on any atom is 0.255 e. The standard InChI is InChI=1S/C19H16BrN3O4/c20-12-1-2-13(21-8-12)10-27-14-3-4-15-11(7-14)9-23(19(15)26)16-5-6-17(24)22-18(16)25/h1-4,7-8,16H,5-6,9-10H2,(H,22,24,25). The second kappa shape index (κ2) is 7.11. The summed E-state index contributed by atoms with van der Waals surface area (Å²) < 4.78 is 6.68. The Morgan fingerprint density at radius 1 is 1.22 bits per heavy atom. The van der Waals surface area contributed by atoms with Gasteiger partial charge in [0.1, 0.15) is 18.4 Å². The van der Waals surface area contributed by atoms with Gasteiger partial charge < -0.3 is 9.64 Å². The van der Waals surface area contributed by atoms with Gasteiger partial charge >= 0.3 is 0 Å². The van der Waals surface area contributed by atoms with Crippen LogP contribution in [-0.4, -0.2) is 33.6 Å². The molecule has 1 fully saturated rings. The van der Waals surface area contributed by atoms with E-state index in [0.717, 1.165) is 15.7 Å². The molecular weight excluding hydrogens is 414 g/mol. The molecule has 1 aromatic heterocycles. The minimum Gasteiger partial charge on any atom is -0.487 e. The average Bonchev–Trinajstić information content (AvgIpc) is 2.97. The lowest BCUT2D eigenvalue weighted by Crippen LogP contribution is -2.52. The maximum absolute atomic E-state index is 12.7. The molecule has 1 N–H and O–H groups in total. The molecule has 0 radical (unpaired) electrons. The van der Waals surface area contributed by atoms with E-state index in [4.69, 9.17) is 4.74 Å². The molecule has 0 spiro atoms. The topological polar surface area (TPSA) is 88.6 Å². The van der Waals surface area contributed by atoms with Crippen LogP contribution < -0.4 is 10.1 Å². The van der Waals surface area contributed by atoms with Crippen molar-refractivity contribution in [1.29, 1.82) is 0 Å². The number of carbonyl (C=O) groups is 3. The van der Waals surface area contributed by atoms with Gasteiger partial charge in [-0.2, -0.15) is 0 Å². The average molecular weight is 430 g/mol. The highest BCUT2D eigenvalue weighted by atomic mass is 79.9. The van der Waals surface area contributed by atoms with E-state index in [0.29, 0.717) is 30.9 Å². The number of ether oxygens (including phenoxy) is 1. The van der Waals surface area contributed by atoms with Gasteiger partial charge in [0, 0.05) is 29.2 Å². The highest BCUT2D eigenvalue weighted by Gasteiger charge is 2.39. The lowest BCUT2D eigenvalue weighted by atomic mass is 10.0. The van der Waals surface area contributed by atoms with Crippen LogP contribution in [0.1, 0.15) is 34.5 Å². The highest BCUT2D eigenvalue weighted by molar-refractivity contribution is 9.10. The van der Waals surface area contributed by atoms with E-state index in [1.54, 1.807) is 18.3 Å². The number of nitrogens with one attached hydrogen (secondary N) is 1. The van der Waals surface area contributed by atoms with Crippen LogP contribution in [-0.2, 0) is 22.7 Å². The summed E-state index contributed by atoms with van der Waals surface area (Å²) in [6.45, 7) is 0.644. The number of amides is 3. The van der Waals surface area contributed by atoms with Gasteiger partial charge in [0.2, 0.25) is 11.8 Å². The van der Waals surface area contributed by atoms with Gasteiger partial charge in [-0.25, -0.2) is 0 Å². The second-order valence-electron chi connectivity index (χ2n) is 6.48. The molecule has 8 heteroatoms. The van der Waals surface area contributed by atoms with Gasteiger partial charge in [-0.1, -0.05) is 0 Å².